The van der Waals surface area contributed by atoms with Gasteiger partial charge in [-0.3, -0.25) is 4.79 Å². The van der Waals surface area contributed by atoms with Crippen molar-refractivity contribution in [2.45, 2.75) is 0 Å². The van der Waals surface area contributed by atoms with Crippen LogP contribution in [0.25, 0.3) is 22.5 Å². The predicted molar refractivity (Wildman–Crippen MR) is 131 cm³/mol. The van der Waals surface area contributed by atoms with Crippen molar-refractivity contribution in [3.8, 4) is 5.69 Å². The Kier molecular flexibility index (Phi) is 5.32. The summed E-state index contributed by atoms with van der Waals surface area (Å²) in [6.07, 6.45) is 3.85. The summed E-state index contributed by atoms with van der Waals surface area (Å²) in [7, 11) is 0. The highest BCUT2D eigenvalue weighted by molar-refractivity contribution is 8.18. The van der Waals surface area contributed by atoms with E-state index in [-0.39, 0.29) is 5.91 Å². The van der Waals surface area contributed by atoms with E-state index in [2.05, 4.69) is 45.2 Å². The molecule has 4 aromatic rings. The van der Waals surface area contributed by atoms with E-state index in [1.54, 1.807) is 18.2 Å². The van der Waals surface area contributed by atoms with Crippen LogP contribution in [0.15, 0.2) is 88.9 Å². The fraction of sp³-hybridized carbons (Fsp3) is 0. The number of carbonyl (C=O) groups excluding carboxylic acids is 1. The van der Waals surface area contributed by atoms with Crippen LogP contribution in [0.2, 0.25) is 10.0 Å². The lowest BCUT2D eigenvalue weighted by molar-refractivity contribution is -0.115. The summed E-state index contributed by atoms with van der Waals surface area (Å²) in [6, 6.07) is 23.6. The van der Waals surface area contributed by atoms with Crippen molar-refractivity contribution in [2.24, 2.45) is 4.99 Å². The van der Waals surface area contributed by atoms with Gasteiger partial charge in [-0.25, -0.2) is 4.99 Å². The van der Waals surface area contributed by atoms with Crippen LogP contribution < -0.4 is 5.32 Å². The standard InChI is InChI=1S/C24H15Cl2N3OS/c25-20-10-8-17(13-21(20)26)27-24-28-23(30)22(31-24)14-18-6-3-11-29(18)19-9-7-15-4-1-2-5-16(15)12-19/h1-14H,(H,27,28,30)/b22-14-. The number of rotatable bonds is 3. The second-order valence-electron chi connectivity index (χ2n) is 6.91. The molecule has 1 amide bonds. The highest BCUT2D eigenvalue weighted by atomic mass is 35.5. The number of amides is 1. The summed E-state index contributed by atoms with van der Waals surface area (Å²) in [5, 5.41) is 6.53. The number of carbonyl (C=O) groups is 1. The zero-order chi connectivity index (χ0) is 21.4. The van der Waals surface area contributed by atoms with Crippen molar-refractivity contribution in [3.63, 3.8) is 0 Å². The van der Waals surface area contributed by atoms with E-state index in [9.17, 15) is 4.79 Å². The van der Waals surface area contributed by atoms with Gasteiger partial charge in [-0.05, 0) is 71.1 Å². The monoisotopic (exact) mass is 463 g/mol. The topological polar surface area (TPSA) is 46.4 Å². The lowest BCUT2D eigenvalue weighted by atomic mass is 10.1. The van der Waals surface area contributed by atoms with Gasteiger partial charge in [-0.15, -0.1) is 0 Å². The number of fused-ring (bicyclic) bond motifs is 1. The molecular formula is C24H15Cl2N3OS. The summed E-state index contributed by atoms with van der Waals surface area (Å²) < 4.78 is 2.06. The minimum Gasteiger partial charge on any atom is -0.317 e. The lowest BCUT2D eigenvalue weighted by Crippen LogP contribution is -2.19. The Balaban J connectivity index is 1.45. The molecule has 31 heavy (non-hydrogen) atoms. The fourth-order valence-corrected chi connectivity index (χ4v) is 4.48. The Bertz CT molecular complexity index is 1390. The van der Waals surface area contributed by atoms with Crippen LogP contribution in [-0.4, -0.2) is 15.6 Å². The summed E-state index contributed by atoms with van der Waals surface area (Å²) >= 11 is 13.3. The third-order valence-corrected chi connectivity index (χ3v) is 6.50. The number of halogens is 2. The first-order valence-corrected chi connectivity index (χ1v) is 11.1. The molecule has 1 N–H and O–H groups in total. The molecule has 3 aromatic carbocycles. The Labute approximate surface area is 193 Å². The van der Waals surface area contributed by atoms with Gasteiger partial charge in [0.2, 0.25) is 0 Å². The third kappa shape index (κ3) is 4.12. The molecule has 0 aliphatic carbocycles. The molecule has 1 saturated heterocycles. The number of nitrogens with one attached hydrogen (secondary N) is 1. The van der Waals surface area contributed by atoms with Crippen LogP contribution in [0, 0.1) is 0 Å². The summed E-state index contributed by atoms with van der Waals surface area (Å²) in [4.78, 5) is 17.5. The van der Waals surface area contributed by atoms with E-state index in [0.29, 0.717) is 25.8 Å². The summed E-state index contributed by atoms with van der Waals surface area (Å²) in [6.45, 7) is 0. The van der Waals surface area contributed by atoms with Crippen molar-refractivity contribution < 1.29 is 4.79 Å². The van der Waals surface area contributed by atoms with Gasteiger partial charge in [-0.2, -0.15) is 0 Å². The first-order chi connectivity index (χ1) is 15.1. The van der Waals surface area contributed by atoms with Crippen LogP contribution in [-0.2, 0) is 4.79 Å². The zero-order valence-electron chi connectivity index (χ0n) is 16.0. The van der Waals surface area contributed by atoms with Gasteiger partial charge < -0.3 is 9.88 Å². The molecule has 1 aliphatic heterocycles. The fourth-order valence-electron chi connectivity index (χ4n) is 3.36. The van der Waals surface area contributed by atoms with E-state index < -0.39 is 0 Å². The number of amidine groups is 1. The molecule has 0 spiro atoms. The first kappa shape index (κ1) is 19.9. The third-order valence-electron chi connectivity index (χ3n) is 4.86. The molecule has 1 aromatic heterocycles. The maximum atomic E-state index is 12.5. The minimum atomic E-state index is -0.185. The molecule has 0 bridgehead atoms. The smallest absolute Gasteiger partial charge is 0.264 e. The largest absolute Gasteiger partial charge is 0.317 e. The number of hydrogen-bond donors (Lipinski definition) is 1. The maximum absolute atomic E-state index is 12.5. The van der Waals surface area contributed by atoms with Gasteiger partial charge in [0, 0.05) is 17.6 Å². The molecule has 7 heteroatoms. The first-order valence-electron chi connectivity index (χ1n) is 9.48. The van der Waals surface area contributed by atoms with Gasteiger partial charge in [0.05, 0.1) is 20.6 Å². The molecule has 1 fully saturated rings. The molecule has 2 heterocycles. The quantitative estimate of drug-likeness (QED) is 0.338. The Morgan fingerprint density at radius 3 is 2.58 bits per heavy atom. The molecule has 1 aliphatic rings. The van der Waals surface area contributed by atoms with Crippen LogP contribution >= 0.6 is 35.0 Å². The highest BCUT2D eigenvalue weighted by Crippen LogP contribution is 2.31. The van der Waals surface area contributed by atoms with Gasteiger partial charge >= 0.3 is 0 Å². The zero-order valence-corrected chi connectivity index (χ0v) is 18.4. The van der Waals surface area contributed by atoms with Crippen LogP contribution in [0.1, 0.15) is 5.69 Å². The molecule has 0 atom stereocenters. The van der Waals surface area contributed by atoms with Crippen molar-refractivity contribution in [1.29, 1.82) is 0 Å². The van der Waals surface area contributed by atoms with E-state index in [4.69, 9.17) is 23.2 Å². The molecule has 4 nitrogen and oxygen atoms in total. The number of nitrogens with zero attached hydrogens (tertiary/aromatic N) is 2. The lowest BCUT2D eigenvalue weighted by Gasteiger charge is -2.08. The highest BCUT2D eigenvalue weighted by Gasteiger charge is 2.24. The predicted octanol–water partition coefficient (Wildman–Crippen LogP) is 6.83. The second kappa shape index (κ2) is 8.27. The van der Waals surface area contributed by atoms with E-state index >= 15 is 0 Å². The van der Waals surface area contributed by atoms with Gasteiger partial charge in [0.15, 0.2) is 5.17 Å². The van der Waals surface area contributed by atoms with Crippen LogP contribution in [0.5, 0.6) is 0 Å². The number of hydrogen-bond acceptors (Lipinski definition) is 3. The van der Waals surface area contributed by atoms with Crippen molar-refractivity contribution in [1.82, 2.24) is 9.88 Å². The van der Waals surface area contributed by atoms with Crippen molar-refractivity contribution in [2.75, 3.05) is 0 Å². The molecule has 0 saturated carbocycles. The van der Waals surface area contributed by atoms with Crippen LogP contribution in [0.4, 0.5) is 5.69 Å². The van der Waals surface area contributed by atoms with E-state index in [1.807, 2.05) is 36.5 Å². The van der Waals surface area contributed by atoms with Gasteiger partial charge in [-0.1, -0.05) is 53.5 Å². The maximum Gasteiger partial charge on any atom is 0.264 e. The molecular weight excluding hydrogens is 449 g/mol. The Morgan fingerprint density at radius 1 is 0.903 bits per heavy atom. The average Bonchev–Trinajstić information content (AvgIpc) is 3.37. The number of aliphatic imine (C=N–C) groups is 1. The summed E-state index contributed by atoms with van der Waals surface area (Å²) in [5.74, 6) is -0.185. The molecule has 5 rings (SSSR count). The summed E-state index contributed by atoms with van der Waals surface area (Å²) in [5.41, 5.74) is 2.56. The van der Waals surface area contributed by atoms with E-state index in [1.165, 1.54) is 17.1 Å². The number of thioether (sulfide) groups is 1. The molecule has 0 radical (unpaired) electrons. The minimum absolute atomic E-state index is 0.185. The van der Waals surface area contributed by atoms with Gasteiger partial charge in [0.25, 0.3) is 5.91 Å². The molecule has 152 valence electrons. The molecule has 0 unspecified atom stereocenters. The number of benzene rings is 3. The SMILES string of the molecule is O=C1NC(=Nc2ccc(Cl)c(Cl)c2)S/C1=C\c1cccn1-c1ccc2ccccc2c1. The van der Waals surface area contributed by atoms with Crippen molar-refractivity contribution >= 4 is 68.6 Å². The van der Waals surface area contributed by atoms with Gasteiger partial charge in [0.1, 0.15) is 0 Å². The Morgan fingerprint density at radius 2 is 1.74 bits per heavy atom. The van der Waals surface area contributed by atoms with Crippen molar-refractivity contribution in [3.05, 3.63) is 99.6 Å². The van der Waals surface area contributed by atoms with E-state index in [0.717, 1.165) is 16.8 Å². The normalized spacial score (nSPS) is 16.4. The Hall–Kier alpha value is -2.99. The number of aromatic nitrogens is 1. The van der Waals surface area contributed by atoms with Crippen LogP contribution in [0.3, 0.4) is 0 Å². The average molecular weight is 464 g/mol. The second-order valence-corrected chi connectivity index (χ2v) is 8.76.